The van der Waals surface area contributed by atoms with Gasteiger partial charge in [0, 0.05) is 31.8 Å². The molecule has 6 nitrogen and oxygen atoms in total. The average molecular weight is 245 g/mol. The van der Waals surface area contributed by atoms with Crippen molar-refractivity contribution in [3.63, 3.8) is 0 Å². The summed E-state index contributed by atoms with van der Waals surface area (Å²) in [5.41, 5.74) is 0. The van der Waals surface area contributed by atoms with E-state index in [0.29, 0.717) is 0 Å². The predicted octanol–water partition coefficient (Wildman–Crippen LogP) is 0.810. The Morgan fingerprint density at radius 2 is 1.88 bits per heavy atom. The van der Waals surface area contributed by atoms with Crippen molar-refractivity contribution in [1.82, 2.24) is 19.1 Å². The molecule has 0 bridgehead atoms. The van der Waals surface area contributed by atoms with Gasteiger partial charge in [-0.15, -0.1) is 12.4 Å². The van der Waals surface area contributed by atoms with Crippen LogP contribution in [0.3, 0.4) is 0 Å². The smallest absolute Gasteiger partial charge is 0.323 e. The van der Waals surface area contributed by atoms with Gasteiger partial charge in [-0.1, -0.05) is 0 Å². The molecule has 0 fully saturated rings. The molecule has 2 aromatic heterocycles. The third-order valence-corrected chi connectivity index (χ3v) is 1.51. The van der Waals surface area contributed by atoms with Gasteiger partial charge in [-0.2, -0.15) is 0 Å². The molecule has 0 saturated carbocycles. The normalized spacial score (nSPS) is 8.56. The van der Waals surface area contributed by atoms with E-state index >= 15 is 0 Å². The Labute approximate surface area is 99.0 Å². The molecule has 0 aliphatic rings. The van der Waals surface area contributed by atoms with Crippen LogP contribution in [0.5, 0.6) is 0 Å². The molecule has 0 radical (unpaired) electrons. The number of halogens is 1. The van der Waals surface area contributed by atoms with E-state index in [-0.39, 0.29) is 19.0 Å². The minimum absolute atomic E-state index is 0. The summed E-state index contributed by atoms with van der Waals surface area (Å²) < 4.78 is 3.38. The van der Waals surface area contributed by atoms with E-state index in [4.69, 9.17) is 5.11 Å². The lowest BCUT2D eigenvalue weighted by molar-refractivity contribution is -0.137. The SMILES string of the molecule is Cl.Cn1ccnc1.O=C(O)Cn1ccnc1. The molecule has 0 saturated heterocycles. The fourth-order valence-electron chi connectivity index (χ4n) is 0.862. The number of hydrogen-bond acceptors (Lipinski definition) is 3. The maximum absolute atomic E-state index is 10.0. The van der Waals surface area contributed by atoms with Crippen LogP contribution >= 0.6 is 12.4 Å². The predicted molar refractivity (Wildman–Crippen MR) is 60.3 cm³/mol. The number of carboxylic acid groups (broad SMARTS) is 1. The molecule has 7 heteroatoms. The van der Waals surface area contributed by atoms with E-state index in [1.807, 2.05) is 17.8 Å². The highest BCUT2D eigenvalue weighted by Crippen LogP contribution is 1.83. The van der Waals surface area contributed by atoms with Crippen molar-refractivity contribution < 1.29 is 9.90 Å². The van der Waals surface area contributed by atoms with E-state index in [1.54, 1.807) is 24.9 Å². The van der Waals surface area contributed by atoms with Gasteiger partial charge in [-0.3, -0.25) is 4.79 Å². The largest absolute Gasteiger partial charge is 0.480 e. The van der Waals surface area contributed by atoms with Gasteiger partial charge >= 0.3 is 5.97 Å². The highest BCUT2D eigenvalue weighted by atomic mass is 35.5. The second kappa shape index (κ2) is 7.47. The minimum Gasteiger partial charge on any atom is -0.480 e. The van der Waals surface area contributed by atoms with E-state index < -0.39 is 5.97 Å². The monoisotopic (exact) mass is 244 g/mol. The molecule has 2 aromatic rings. The number of carboxylic acids is 1. The van der Waals surface area contributed by atoms with Crippen molar-refractivity contribution in [2.45, 2.75) is 6.54 Å². The highest BCUT2D eigenvalue weighted by molar-refractivity contribution is 5.85. The van der Waals surface area contributed by atoms with E-state index in [9.17, 15) is 4.79 Å². The van der Waals surface area contributed by atoms with Crippen molar-refractivity contribution in [2.24, 2.45) is 7.05 Å². The first-order valence-electron chi connectivity index (χ1n) is 4.28. The molecule has 0 atom stereocenters. The summed E-state index contributed by atoms with van der Waals surface area (Å²) in [5.74, 6) is -0.854. The first-order valence-corrected chi connectivity index (χ1v) is 4.28. The Kier molecular flexibility index (Phi) is 6.62. The van der Waals surface area contributed by atoms with Gasteiger partial charge in [-0.05, 0) is 0 Å². The first-order chi connectivity index (χ1) is 7.18. The maximum Gasteiger partial charge on any atom is 0.323 e. The van der Waals surface area contributed by atoms with Crippen molar-refractivity contribution >= 4 is 18.4 Å². The van der Waals surface area contributed by atoms with Crippen LogP contribution in [-0.4, -0.2) is 30.2 Å². The summed E-state index contributed by atoms with van der Waals surface area (Å²) >= 11 is 0. The zero-order valence-electron chi connectivity index (χ0n) is 8.72. The van der Waals surface area contributed by atoms with Crippen molar-refractivity contribution in [3.05, 3.63) is 37.4 Å². The maximum atomic E-state index is 10.0. The first kappa shape index (κ1) is 14.2. The number of imidazole rings is 2. The van der Waals surface area contributed by atoms with Gasteiger partial charge in [0.2, 0.25) is 0 Å². The summed E-state index contributed by atoms with van der Waals surface area (Å²) in [7, 11) is 1.94. The summed E-state index contributed by atoms with van der Waals surface area (Å²) in [6, 6.07) is 0. The van der Waals surface area contributed by atoms with Gasteiger partial charge in [0.15, 0.2) is 0 Å². The van der Waals surface area contributed by atoms with Crippen LogP contribution in [-0.2, 0) is 18.4 Å². The second-order valence-electron chi connectivity index (χ2n) is 2.86. The number of aliphatic carboxylic acids is 1. The molecule has 0 unspecified atom stereocenters. The summed E-state index contributed by atoms with van der Waals surface area (Å²) in [4.78, 5) is 17.5. The Morgan fingerprint density at radius 1 is 1.25 bits per heavy atom. The quantitative estimate of drug-likeness (QED) is 0.849. The van der Waals surface area contributed by atoms with Crippen LogP contribution in [0.25, 0.3) is 0 Å². The molecular weight excluding hydrogens is 232 g/mol. The van der Waals surface area contributed by atoms with E-state index in [2.05, 4.69) is 9.97 Å². The van der Waals surface area contributed by atoms with Gasteiger partial charge in [0.05, 0.1) is 12.7 Å². The zero-order valence-corrected chi connectivity index (χ0v) is 9.54. The van der Waals surface area contributed by atoms with Crippen molar-refractivity contribution in [1.29, 1.82) is 0 Å². The number of carbonyl (C=O) groups is 1. The fourth-order valence-corrected chi connectivity index (χ4v) is 0.862. The molecule has 1 N–H and O–H groups in total. The number of aryl methyl sites for hydroxylation is 1. The lowest BCUT2D eigenvalue weighted by Gasteiger charge is -1.91. The molecule has 0 aliphatic carbocycles. The minimum atomic E-state index is -0.854. The standard InChI is InChI=1S/C5H6N2O2.C4H6N2.ClH/c8-5(9)3-7-2-1-6-4-7;1-6-3-2-5-4-6;/h1-2,4H,3H2,(H,8,9);2-4H,1H3;1H. The summed E-state index contributed by atoms with van der Waals surface area (Å²) in [6.45, 7) is -0.0139. The Morgan fingerprint density at radius 3 is 2.19 bits per heavy atom. The fraction of sp³-hybridized carbons (Fsp3) is 0.222. The number of rotatable bonds is 2. The topological polar surface area (TPSA) is 72.9 Å². The van der Waals surface area contributed by atoms with Gasteiger partial charge in [0.25, 0.3) is 0 Å². The lowest BCUT2D eigenvalue weighted by Crippen LogP contribution is -2.05. The van der Waals surface area contributed by atoms with Crippen LogP contribution in [0.15, 0.2) is 37.4 Å². The van der Waals surface area contributed by atoms with E-state index in [1.165, 1.54) is 10.9 Å². The van der Waals surface area contributed by atoms with Gasteiger partial charge in [-0.25, -0.2) is 9.97 Å². The summed E-state index contributed by atoms with van der Waals surface area (Å²) in [6.07, 6.45) is 10.0. The van der Waals surface area contributed by atoms with Gasteiger partial charge in [0.1, 0.15) is 6.54 Å². The van der Waals surface area contributed by atoms with E-state index in [0.717, 1.165) is 0 Å². The van der Waals surface area contributed by atoms with Crippen LogP contribution in [0.2, 0.25) is 0 Å². The Bertz CT molecular complexity index is 386. The number of hydrogen-bond donors (Lipinski definition) is 1. The molecule has 2 rings (SSSR count). The second-order valence-corrected chi connectivity index (χ2v) is 2.86. The molecule has 16 heavy (non-hydrogen) atoms. The van der Waals surface area contributed by atoms with Gasteiger partial charge < -0.3 is 14.2 Å². The number of nitrogens with zero attached hydrogens (tertiary/aromatic N) is 4. The van der Waals surface area contributed by atoms with Crippen molar-refractivity contribution in [3.8, 4) is 0 Å². The van der Waals surface area contributed by atoms with Crippen LogP contribution in [0.1, 0.15) is 0 Å². The molecular formula is C9H13ClN4O2. The molecule has 0 aliphatic heterocycles. The molecule has 0 spiro atoms. The molecule has 88 valence electrons. The van der Waals surface area contributed by atoms with Crippen LogP contribution < -0.4 is 0 Å². The Hall–Kier alpha value is -1.82. The molecule has 0 amide bonds. The molecule has 2 heterocycles. The van der Waals surface area contributed by atoms with Crippen LogP contribution in [0, 0.1) is 0 Å². The van der Waals surface area contributed by atoms with Crippen molar-refractivity contribution in [2.75, 3.05) is 0 Å². The summed E-state index contributed by atoms with van der Waals surface area (Å²) in [5, 5.41) is 8.24. The third-order valence-electron chi connectivity index (χ3n) is 1.51. The number of aromatic nitrogens is 4. The lowest BCUT2D eigenvalue weighted by atomic mass is 10.6. The average Bonchev–Trinajstić information content (AvgIpc) is 2.78. The molecule has 0 aromatic carbocycles. The highest BCUT2D eigenvalue weighted by Gasteiger charge is 1.94. The van der Waals surface area contributed by atoms with Crippen LogP contribution in [0.4, 0.5) is 0 Å². The third kappa shape index (κ3) is 5.82. The zero-order chi connectivity index (χ0) is 11.1. The Balaban J connectivity index is 0.000000283.